The minimum Gasteiger partial charge on any atom is -0.357 e. The molecule has 4 aliphatic rings. The van der Waals surface area contributed by atoms with E-state index in [1.807, 2.05) is 6.07 Å². The van der Waals surface area contributed by atoms with Crippen LogP contribution in [-0.4, -0.2) is 21.9 Å². The van der Waals surface area contributed by atoms with Crippen LogP contribution in [0.25, 0.3) is 11.1 Å². The van der Waals surface area contributed by atoms with E-state index in [0.29, 0.717) is 23.6 Å². The summed E-state index contributed by atoms with van der Waals surface area (Å²) < 4.78 is 13.0. The summed E-state index contributed by atoms with van der Waals surface area (Å²) in [5.74, 6) is 2.60. The first-order chi connectivity index (χ1) is 12.2. The van der Waals surface area contributed by atoms with Crippen molar-refractivity contribution in [2.45, 2.75) is 38.1 Å². The number of pyridine rings is 1. The summed E-state index contributed by atoms with van der Waals surface area (Å²) in [5, 5.41) is 3.31. The summed E-state index contributed by atoms with van der Waals surface area (Å²) >= 11 is 0. The number of halogens is 1. The van der Waals surface area contributed by atoms with Gasteiger partial charge in [-0.2, -0.15) is 4.39 Å². The molecule has 1 amide bonds. The van der Waals surface area contributed by atoms with Gasteiger partial charge < -0.3 is 10.3 Å². The van der Waals surface area contributed by atoms with Gasteiger partial charge in [-0.3, -0.25) is 4.79 Å². The van der Waals surface area contributed by atoms with Crippen LogP contribution in [-0.2, 0) is 0 Å². The molecule has 4 nitrogen and oxygen atoms in total. The SMILES string of the molecule is O=C(NC1C2CC3CC(C2)CC1C3)c1cc(-c2ccc(F)nc2)c[nH]1. The molecule has 0 aliphatic heterocycles. The van der Waals surface area contributed by atoms with Gasteiger partial charge in [0, 0.05) is 29.6 Å². The average Bonchev–Trinajstić information content (AvgIpc) is 3.08. The molecule has 2 heterocycles. The number of H-pyrrole nitrogens is 1. The lowest BCUT2D eigenvalue weighted by molar-refractivity contribution is -0.0120. The summed E-state index contributed by atoms with van der Waals surface area (Å²) in [4.78, 5) is 19.4. The minimum atomic E-state index is -0.501. The number of hydrogen-bond donors (Lipinski definition) is 2. The van der Waals surface area contributed by atoms with Gasteiger partial charge in [0.1, 0.15) is 5.69 Å². The van der Waals surface area contributed by atoms with Crippen molar-refractivity contribution in [3.8, 4) is 11.1 Å². The van der Waals surface area contributed by atoms with E-state index in [9.17, 15) is 9.18 Å². The lowest BCUT2D eigenvalue weighted by Crippen LogP contribution is -2.55. The first kappa shape index (κ1) is 15.1. The molecular formula is C20H22FN3O. The Bertz CT molecular complexity index is 770. The molecule has 6 rings (SSSR count). The first-order valence-corrected chi connectivity index (χ1v) is 9.27. The maximum atomic E-state index is 13.0. The predicted octanol–water partition coefficient (Wildman–Crippen LogP) is 3.77. The van der Waals surface area contributed by atoms with E-state index in [-0.39, 0.29) is 5.91 Å². The second-order valence-corrected chi connectivity index (χ2v) is 8.10. The third-order valence-corrected chi connectivity index (χ3v) is 6.51. The van der Waals surface area contributed by atoms with Crippen molar-refractivity contribution in [1.29, 1.82) is 0 Å². The maximum absolute atomic E-state index is 13.0. The highest BCUT2D eigenvalue weighted by molar-refractivity contribution is 5.94. The summed E-state index contributed by atoms with van der Waals surface area (Å²) in [6.07, 6.45) is 9.83. The normalized spacial score (nSPS) is 32.8. The number of carbonyl (C=O) groups excluding carboxylic acids is 1. The third-order valence-electron chi connectivity index (χ3n) is 6.51. The quantitative estimate of drug-likeness (QED) is 0.836. The van der Waals surface area contributed by atoms with Crippen molar-refractivity contribution >= 4 is 5.91 Å². The van der Waals surface area contributed by atoms with E-state index in [2.05, 4.69) is 15.3 Å². The molecule has 4 fully saturated rings. The Morgan fingerprint density at radius 1 is 1.08 bits per heavy atom. The van der Waals surface area contributed by atoms with Crippen molar-refractivity contribution in [2.75, 3.05) is 0 Å². The van der Waals surface area contributed by atoms with Gasteiger partial charge >= 0.3 is 0 Å². The number of aromatic nitrogens is 2. The first-order valence-electron chi connectivity index (χ1n) is 9.27. The Hall–Kier alpha value is -2.17. The predicted molar refractivity (Wildman–Crippen MR) is 92.3 cm³/mol. The van der Waals surface area contributed by atoms with E-state index < -0.39 is 5.95 Å². The lowest BCUT2D eigenvalue weighted by Gasteiger charge is -2.54. The number of hydrogen-bond acceptors (Lipinski definition) is 2. The molecule has 0 atom stereocenters. The molecular weight excluding hydrogens is 317 g/mol. The molecule has 2 aromatic heterocycles. The van der Waals surface area contributed by atoms with Gasteiger partial charge in [-0.15, -0.1) is 0 Å². The van der Waals surface area contributed by atoms with Crippen LogP contribution >= 0.6 is 0 Å². The Balaban J connectivity index is 1.31. The molecule has 2 aromatic rings. The van der Waals surface area contributed by atoms with Crippen molar-refractivity contribution in [1.82, 2.24) is 15.3 Å². The number of nitrogens with zero attached hydrogens (tertiary/aromatic N) is 1. The van der Waals surface area contributed by atoms with Gasteiger partial charge in [0.25, 0.3) is 5.91 Å². The van der Waals surface area contributed by atoms with Gasteiger partial charge in [-0.25, -0.2) is 4.98 Å². The van der Waals surface area contributed by atoms with Gasteiger partial charge in [0.05, 0.1) is 0 Å². The molecule has 4 saturated carbocycles. The van der Waals surface area contributed by atoms with Gasteiger partial charge in [0.15, 0.2) is 0 Å². The number of rotatable bonds is 3. The largest absolute Gasteiger partial charge is 0.357 e. The van der Waals surface area contributed by atoms with Crippen LogP contribution in [0.2, 0.25) is 0 Å². The summed E-state index contributed by atoms with van der Waals surface area (Å²) in [5.41, 5.74) is 2.21. The number of nitrogens with one attached hydrogen (secondary N) is 2. The minimum absolute atomic E-state index is 0.0289. The van der Waals surface area contributed by atoms with Crippen LogP contribution in [0.15, 0.2) is 30.6 Å². The van der Waals surface area contributed by atoms with Crippen molar-refractivity contribution < 1.29 is 9.18 Å². The molecule has 0 saturated heterocycles. The maximum Gasteiger partial charge on any atom is 0.267 e. The molecule has 2 N–H and O–H groups in total. The highest BCUT2D eigenvalue weighted by atomic mass is 19.1. The molecule has 4 aliphatic carbocycles. The Morgan fingerprint density at radius 3 is 2.44 bits per heavy atom. The van der Waals surface area contributed by atoms with Crippen molar-refractivity contribution in [3.63, 3.8) is 0 Å². The molecule has 0 unspecified atom stereocenters. The zero-order valence-electron chi connectivity index (χ0n) is 14.0. The highest BCUT2D eigenvalue weighted by Gasteiger charge is 2.48. The Labute approximate surface area is 146 Å². The third kappa shape index (κ3) is 2.66. The average molecular weight is 339 g/mol. The molecule has 0 radical (unpaired) electrons. The van der Waals surface area contributed by atoms with Crippen molar-refractivity contribution in [3.05, 3.63) is 42.2 Å². The summed E-state index contributed by atoms with van der Waals surface area (Å²) in [6, 6.07) is 5.15. The number of carbonyl (C=O) groups is 1. The second kappa shape index (κ2) is 5.68. The van der Waals surface area contributed by atoms with Crippen LogP contribution in [0.3, 0.4) is 0 Å². The number of amides is 1. The smallest absolute Gasteiger partial charge is 0.267 e. The van der Waals surface area contributed by atoms with Crippen molar-refractivity contribution in [2.24, 2.45) is 23.7 Å². The molecule has 0 spiro atoms. The van der Waals surface area contributed by atoms with E-state index in [0.717, 1.165) is 23.0 Å². The molecule has 5 heteroatoms. The lowest BCUT2D eigenvalue weighted by atomic mass is 9.54. The topological polar surface area (TPSA) is 57.8 Å². The van der Waals surface area contributed by atoms with Crippen LogP contribution in [0.1, 0.15) is 42.6 Å². The fraction of sp³-hybridized carbons (Fsp3) is 0.500. The van der Waals surface area contributed by atoms with Crippen LogP contribution in [0.5, 0.6) is 0 Å². The Morgan fingerprint density at radius 2 is 1.80 bits per heavy atom. The summed E-state index contributed by atoms with van der Waals surface area (Å²) in [6.45, 7) is 0. The number of aromatic amines is 1. The van der Waals surface area contributed by atoms with Crippen LogP contribution in [0.4, 0.5) is 4.39 Å². The van der Waals surface area contributed by atoms with Crippen LogP contribution in [0, 0.1) is 29.6 Å². The van der Waals surface area contributed by atoms with E-state index in [4.69, 9.17) is 0 Å². The summed E-state index contributed by atoms with van der Waals surface area (Å²) in [7, 11) is 0. The second-order valence-electron chi connectivity index (χ2n) is 8.10. The highest BCUT2D eigenvalue weighted by Crippen LogP contribution is 2.53. The van der Waals surface area contributed by atoms with Gasteiger partial charge in [0.2, 0.25) is 5.95 Å². The molecule has 130 valence electrons. The van der Waals surface area contributed by atoms with Gasteiger partial charge in [-0.05, 0) is 74.0 Å². The molecule has 4 bridgehead atoms. The standard InChI is InChI=1S/C20H22FN3O/c21-18-2-1-13(9-23-18)16-8-17(22-10-16)20(25)24-19-14-4-11-3-12(6-14)7-15(19)5-11/h1-2,8-12,14-15,19,22H,3-7H2,(H,24,25). The molecule has 0 aromatic carbocycles. The Kier molecular flexibility index (Phi) is 3.43. The van der Waals surface area contributed by atoms with E-state index in [1.165, 1.54) is 44.4 Å². The zero-order chi connectivity index (χ0) is 17.0. The van der Waals surface area contributed by atoms with E-state index in [1.54, 1.807) is 12.3 Å². The fourth-order valence-electron chi connectivity index (χ4n) is 5.63. The molecule has 25 heavy (non-hydrogen) atoms. The zero-order valence-corrected chi connectivity index (χ0v) is 14.0. The monoisotopic (exact) mass is 339 g/mol. The fourth-order valence-corrected chi connectivity index (χ4v) is 5.63. The van der Waals surface area contributed by atoms with Gasteiger partial charge in [-0.1, -0.05) is 0 Å². The van der Waals surface area contributed by atoms with E-state index >= 15 is 0 Å². The van der Waals surface area contributed by atoms with Crippen LogP contribution < -0.4 is 5.32 Å².